The van der Waals surface area contributed by atoms with E-state index >= 15 is 0 Å². The van der Waals surface area contributed by atoms with E-state index < -0.39 is 23.5 Å². The van der Waals surface area contributed by atoms with Crippen molar-refractivity contribution in [2.24, 2.45) is 11.3 Å². The van der Waals surface area contributed by atoms with Gasteiger partial charge in [0.15, 0.2) is 5.82 Å². The number of halogens is 1. The highest BCUT2D eigenvalue weighted by Gasteiger charge is 2.42. The third kappa shape index (κ3) is 5.90. The number of nitrogens with one attached hydrogen (secondary N) is 2. The predicted molar refractivity (Wildman–Crippen MR) is 130 cm³/mol. The molecule has 0 radical (unpaired) electrons. The summed E-state index contributed by atoms with van der Waals surface area (Å²) in [5, 5.41) is 12.9. The lowest BCUT2D eigenvalue weighted by Gasteiger charge is -2.37. The van der Waals surface area contributed by atoms with Crippen LogP contribution in [0.25, 0.3) is 22.6 Å². The average molecular weight is 514 g/mol. The van der Waals surface area contributed by atoms with Crippen molar-refractivity contribution in [3.63, 3.8) is 0 Å². The van der Waals surface area contributed by atoms with E-state index in [-0.39, 0.29) is 38.0 Å². The molecule has 1 fully saturated rings. The summed E-state index contributed by atoms with van der Waals surface area (Å²) in [6.45, 7) is 4.13. The van der Waals surface area contributed by atoms with Crippen LogP contribution in [-0.4, -0.2) is 68.2 Å². The first kappa shape index (κ1) is 26.1. The summed E-state index contributed by atoms with van der Waals surface area (Å²) in [4.78, 5) is 39.9. The summed E-state index contributed by atoms with van der Waals surface area (Å²) in [6, 6.07) is 7.48. The lowest BCUT2D eigenvalue weighted by atomic mass is 9.90. The fourth-order valence-corrected chi connectivity index (χ4v) is 3.75. The lowest BCUT2D eigenvalue weighted by Crippen LogP contribution is -2.52. The minimum absolute atomic E-state index is 0.0667. The van der Waals surface area contributed by atoms with Crippen LogP contribution in [0.4, 0.5) is 10.3 Å². The van der Waals surface area contributed by atoms with Crippen LogP contribution in [0.15, 0.2) is 36.5 Å². The zero-order chi connectivity index (χ0) is 26.6. The molecule has 1 aliphatic rings. The molecule has 0 unspecified atom stereocenters. The van der Waals surface area contributed by atoms with Crippen LogP contribution < -0.4 is 11.2 Å². The van der Waals surface area contributed by atoms with E-state index in [1.807, 2.05) is 0 Å². The Balaban J connectivity index is 1.63. The molecule has 0 saturated carbocycles. The van der Waals surface area contributed by atoms with Crippen molar-refractivity contribution in [3.05, 3.63) is 48.2 Å². The molecule has 0 aliphatic carbocycles. The predicted octanol–water partition coefficient (Wildman–Crippen LogP) is 2.33. The van der Waals surface area contributed by atoms with Crippen molar-refractivity contribution in [2.75, 3.05) is 31.6 Å². The number of anilines is 1. The number of hydrogen-bond acceptors (Lipinski definition) is 9. The minimum atomic E-state index is -0.945. The number of carbonyl (C=O) groups is 2. The summed E-state index contributed by atoms with van der Waals surface area (Å²) in [5.74, 6) is 4.73. The number of rotatable bonds is 9. The maximum Gasteiger partial charge on any atom is 0.305 e. The number of carbonyl (C=O) groups excluding carboxylic acids is 1. The molecule has 13 heteroatoms. The number of hydrazine groups is 1. The van der Waals surface area contributed by atoms with Crippen molar-refractivity contribution in [1.29, 1.82) is 0 Å². The highest BCUT2D eigenvalue weighted by molar-refractivity contribution is 5.82. The van der Waals surface area contributed by atoms with Gasteiger partial charge in [-0.15, -0.1) is 0 Å². The van der Waals surface area contributed by atoms with Gasteiger partial charge in [-0.3, -0.25) is 14.6 Å². The van der Waals surface area contributed by atoms with E-state index in [9.17, 15) is 14.0 Å². The second kappa shape index (κ2) is 11.0. The highest BCUT2D eigenvalue weighted by Crippen LogP contribution is 2.36. The molecule has 1 aliphatic heterocycles. The van der Waals surface area contributed by atoms with Gasteiger partial charge in [0.05, 0.1) is 42.1 Å². The van der Waals surface area contributed by atoms with Crippen molar-refractivity contribution < 1.29 is 28.6 Å². The van der Waals surface area contributed by atoms with Crippen LogP contribution in [0.2, 0.25) is 0 Å². The molecule has 0 spiro atoms. The maximum absolute atomic E-state index is 13.6. The van der Waals surface area contributed by atoms with E-state index in [4.69, 9.17) is 20.4 Å². The number of ether oxygens (including phenoxy) is 2. The van der Waals surface area contributed by atoms with Gasteiger partial charge in [-0.1, -0.05) is 0 Å². The third-order valence-electron chi connectivity index (χ3n) is 5.82. The number of benzene rings is 1. The smallest absolute Gasteiger partial charge is 0.305 e. The van der Waals surface area contributed by atoms with Crippen molar-refractivity contribution in [2.45, 2.75) is 26.6 Å². The molecule has 1 saturated heterocycles. The van der Waals surface area contributed by atoms with Crippen LogP contribution in [0.5, 0.6) is 0 Å². The molecule has 3 aromatic rings. The van der Waals surface area contributed by atoms with Gasteiger partial charge in [-0.05, 0) is 44.2 Å². The van der Waals surface area contributed by atoms with Gasteiger partial charge in [0.2, 0.25) is 18.1 Å². The summed E-state index contributed by atoms with van der Waals surface area (Å²) in [5.41, 5.74) is 1.11. The third-order valence-corrected chi connectivity index (χ3v) is 5.82. The monoisotopic (exact) mass is 513 g/mol. The summed E-state index contributed by atoms with van der Waals surface area (Å²) in [6.07, 6.45) is 0.537. The molecule has 0 atom stereocenters. The van der Waals surface area contributed by atoms with Gasteiger partial charge in [0, 0.05) is 24.8 Å². The first-order valence-electron chi connectivity index (χ1n) is 11.6. The number of aromatic amines is 1. The van der Waals surface area contributed by atoms with Gasteiger partial charge >= 0.3 is 5.97 Å². The van der Waals surface area contributed by atoms with Crippen molar-refractivity contribution in [1.82, 2.24) is 24.9 Å². The van der Waals surface area contributed by atoms with E-state index in [1.54, 1.807) is 32.0 Å². The molecule has 2 aromatic heterocycles. The Labute approximate surface area is 212 Å². The number of aliphatic carboxylic acids is 1. The molecule has 1 amide bonds. The van der Waals surface area contributed by atoms with Crippen LogP contribution >= 0.6 is 0 Å². The second-order valence-electron chi connectivity index (χ2n) is 8.79. The number of aromatic nitrogens is 4. The Bertz CT molecular complexity index is 1260. The number of carboxylic acid groups (broad SMARTS) is 1. The maximum atomic E-state index is 13.6. The number of nitrogens with two attached hydrogens (primary N) is 1. The number of nitrogens with zero attached hydrogens (tertiary/aromatic N) is 4. The van der Waals surface area contributed by atoms with Gasteiger partial charge in [0.25, 0.3) is 0 Å². The molecule has 3 heterocycles. The zero-order valence-corrected chi connectivity index (χ0v) is 20.4. The summed E-state index contributed by atoms with van der Waals surface area (Å²) < 4.78 is 25.3. The van der Waals surface area contributed by atoms with Crippen LogP contribution in [-0.2, 0) is 19.1 Å². The SMILES string of the molecule is CCN(N)C(=O)C1(C)COC(c2nc(-c3ccc(F)cc3)c(-c3ccnc(NCCC(=O)O)n3)[nH]2)OC1. The van der Waals surface area contributed by atoms with Crippen molar-refractivity contribution >= 4 is 17.8 Å². The standard InChI is InChI=1S/C24H28FN7O5/c1-3-32(26)22(35)24(2)12-36-21(37-13-24)20-30-18(14-4-6-15(25)7-5-14)19(31-20)16-8-10-27-23(29-16)28-11-9-17(33)34/h4-8,10,21H,3,9,11-13,26H2,1-2H3,(H,30,31)(H,33,34)(H,27,28,29). The molecule has 196 valence electrons. The van der Waals surface area contributed by atoms with E-state index in [0.717, 1.165) is 5.01 Å². The molecular formula is C24H28FN7O5. The van der Waals surface area contributed by atoms with Gasteiger partial charge in [0.1, 0.15) is 5.82 Å². The number of H-pyrrole nitrogens is 1. The summed E-state index contributed by atoms with van der Waals surface area (Å²) >= 11 is 0. The lowest BCUT2D eigenvalue weighted by molar-refractivity contribution is -0.234. The first-order valence-corrected chi connectivity index (χ1v) is 11.6. The van der Waals surface area contributed by atoms with E-state index in [2.05, 4.69) is 25.3 Å². The number of amides is 1. The first-order chi connectivity index (χ1) is 17.7. The van der Waals surface area contributed by atoms with Crippen molar-refractivity contribution in [3.8, 4) is 22.6 Å². The Hall–Kier alpha value is -3.94. The van der Waals surface area contributed by atoms with Gasteiger partial charge in [-0.2, -0.15) is 0 Å². The molecule has 37 heavy (non-hydrogen) atoms. The topological polar surface area (TPSA) is 169 Å². The Morgan fingerprint density at radius 3 is 2.59 bits per heavy atom. The molecule has 5 N–H and O–H groups in total. The minimum Gasteiger partial charge on any atom is -0.481 e. The normalized spacial score (nSPS) is 19.4. The number of carboxylic acids is 1. The van der Waals surface area contributed by atoms with Crippen LogP contribution in [0.3, 0.4) is 0 Å². The van der Waals surface area contributed by atoms with E-state index in [1.165, 1.54) is 18.3 Å². The Morgan fingerprint density at radius 2 is 1.95 bits per heavy atom. The molecular weight excluding hydrogens is 485 g/mol. The quantitative estimate of drug-likeness (QED) is 0.189. The number of hydrogen-bond donors (Lipinski definition) is 4. The summed E-state index contributed by atoms with van der Waals surface area (Å²) in [7, 11) is 0. The number of imidazole rings is 1. The fraction of sp³-hybridized carbons (Fsp3) is 0.375. The Kier molecular flexibility index (Phi) is 7.76. The second-order valence-corrected chi connectivity index (χ2v) is 8.79. The average Bonchev–Trinajstić information content (AvgIpc) is 3.34. The van der Waals surface area contributed by atoms with Crippen LogP contribution in [0.1, 0.15) is 32.4 Å². The molecule has 12 nitrogen and oxygen atoms in total. The van der Waals surface area contributed by atoms with Gasteiger partial charge in [-0.25, -0.2) is 25.2 Å². The van der Waals surface area contributed by atoms with Gasteiger partial charge < -0.3 is 24.9 Å². The van der Waals surface area contributed by atoms with E-state index in [0.29, 0.717) is 35.0 Å². The molecule has 4 rings (SSSR count). The van der Waals surface area contributed by atoms with Crippen LogP contribution in [0, 0.1) is 11.2 Å². The zero-order valence-electron chi connectivity index (χ0n) is 20.4. The largest absolute Gasteiger partial charge is 0.481 e. The Morgan fingerprint density at radius 1 is 1.24 bits per heavy atom. The molecule has 0 bridgehead atoms. The molecule has 1 aromatic carbocycles. The fourth-order valence-electron chi connectivity index (χ4n) is 3.75. The highest BCUT2D eigenvalue weighted by atomic mass is 19.1.